The SMILES string of the molecule is O=C(O)CN1C(=O)CCc2ccccc21. The molecule has 0 atom stereocenters. The molecule has 1 aromatic rings. The Bertz CT molecular complexity index is 414. The molecule has 4 nitrogen and oxygen atoms in total. The van der Waals surface area contributed by atoms with Gasteiger partial charge in [0.2, 0.25) is 5.91 Å². The van der Waals surface area contributed by atoms with Gasteiger partial charge in [-0.15, -0.1) is 0 Å². The highest BCUT2D eigenvalue weighted by Crippen LogP contribution is 2.26. The molecule has 0 saturated heterocycles. The highest BCUT2D eigenvalue weighted by Gasteiger charge is 2.25. The predicted octanol–water partition coefficient (Wildman–Crippen LogP) is 1.05. The van der Waals surface area contributed by atoms with Crippen LogP contribution in [0.15, 0.2) is 24.3 Å². The van der Waals surface area contributed by atoms with Crippen molar-refractivity contribution in [1.29, 1.82) is 0 Å². The van der Waals surface area contributed by atoms with Crippen molar-refractivity contribution in [3.8, 4) is 0 Å². The van der Waals surface area contributed by atoms with Crippen LogP contribution in [0.2, 0.25) is 0 Å². The molecule has 78 valence electrons. The molecule has 1 amide bonds. The van der Waals surface area contributed by atoms with Gasteiger partial charge in [0.15, 0.2) is 0 Å². The number of carboxylic acid groups (broad SMARTS) is 1. The summed E-state index contributed by atoms with van der Waals surface area (Å²) in [5.41, 5.74) is 1.77. The van der Waals surface area contributed by atoms with Gasteiger partial charge in [0.25, 0.3) is 0 Å². The van der Waals surface area contributed by atoms with Gasteiger partial charge in [-0.3, -0.25) is 9.59 Å². The number of rotatable bonds is 2. The molecule has 0 unspecified atom stereocenters. The summed E-state index contributed by atoms with van der Waals surface area (Å²) in [6, 6.07) is 7.42. The van der Waals surface area contributed by atoms with Crippen molar-refractivity contribution >= 4 is 17.6 Å². The molecule has 1 aliphatic heterocycles. The van der Waals surface area contributed by atoms with Crippen molar-refractivity contribution in [1.82, 2.24) is 0 Å². The molecule has 4 heteroatoms. The zero-order chi connectivity index (χ0) is 10.8. The molecule has 0 radical (unpaired) electrons. The summed E-state index contributed by atoms with van der Waals surface area (Å²) in [7, 11) is 0. The molecular formula is C11H11NO3. The summed E-state index contributed by atoms with van der Waals surface area (Å²) in [6.07, 6.45) is 1.09. The van der Waals surface area contributed by atoms with Crippen LogP contribution in [0.1, 0.15) is 12.0 Å². The summed E-state index contributed by atoms with van der Waals surface area (Å²) in [5, 5.41) is 8.72. The van der Waals surface area contributed by atoms with Crippen LogP contribution in [0.5, 0.6) is 0 Å². The minimum Gasteiger partial charge on any atom is -0.480 e. The van der Waals surface area contributed by atoms with Crippen LogP contribution in [0.25, 0.3) is 0 Å². The molecule has 0 spiro atoms. The fraction of sp³-hybridized carbons (Fsp3) is 0.273. The minimum atomic E-state index is -0.986. The average Bonchev–Trinajstić information content (AvgIpc) is 2.22. The zero-order valence-electron chi connectivity index (χ0n) is 8.14. The van der Waals surface area contributed by atoms with E-state index in [-0.39, 0.29) is 12.5 Å². The lowest BCUT2D eigenvalue weighted by atomic mass is 10.0. The lowest BCUT2D eigenvalue weighted by Gasteiger charge is -2.27. The zero-order valence-corrected chi connectivity index (χ0v) is 8.14. The quantitative estimate of drug-likeness (QED) is 0.785. The smallest absolute Gasteiger partial charge is 0.323 e. The third-order valence-electron chi connectivity index (χ3n) is 2.49. The lowest BCUT2D eigenvalue weighted by Crippen LogP contribution is -2.38. The topological polar surface area (TPSA) is 57.6 Å². The Balaban J connectivity index is 2.37. The van der Waals surface area contributed by atoms with E-state index in [9.17, 15) is 9.59 Å². The molecule has 0 fully saturated rings. The van der Waals surface area contributed by atoms with E-state index in [4.69, 9.17) is 5.11 Å². The standard InChI is InChI=1S/C11H11NO3/c13-10-6-5-8-3-1-2-4-9(8)12(10)7-11(14)15/h1-4H,5-7H2,(H,14,15). The van der Waals surface area contributed by atoms with Gasteiger partial charge in [-0.25, -0.2) is 0 Å². The van der Waals surface area contributed by atoms with E-state index >= 15 is 0 Å². The number of carboxylic acids is 1. The number of fused-ring (bicyclic) bond motifs is 1. The molecule has 1 aliphatic rings. The first kappa shape index (κ1) is 9.71. The molecular weight excluding hydrogens is 194 g/mol. The van der Waals surface area contributed by atoms with Crippen LogP contribution in [0.3, 0.4) is 0 Å². The van der Waals surface area contributed by atoms with Gasteiger partial charge in [0.05, 0.1) is 0 Å². The minimum absolute atomic E-state index is 0.115. The maximum Gasteiger partial charge on any atom is 0.323 e. The van der Waals surface area contributed by atoms with Gasteiger partial charge < -0.3 is 10.0 Å². The molecule has 15 heavy (non-hydrogen) atoms. The van der Waals surface area contributed by atoms with Gasteiger partial charge in [0, 0.05) is 12.1 Å². The van der Waals surface area contributed by atoms with Crippen molar-refractivity contribution in [2.24, 2.45) is 0 Å². The predicted molar refractivity (Wildman–Crippen MR) is 54.8 cm³/mol. The molecule has 0 saturated carbocycles. The van der Waals surface area contributed by atoms with Crippen LogP contribution >= 0.6 is 0 Å². The Morgan fingerprint density at radius 3 is 2.80 bits per heavy atom. The van der Waals surface area contributed by atoms with E-state index in [0.29, 0.717) is 12.8 Å². The summed E-state index contributed by atoms with van der Waals surface area (Å²) >= 11 is 0. The summed E-state index contributed by atoms with van der Waals surface area (Å²) in [4.78, 5) is 23.5. The number of carbonyl (C=O) groups is 2. The largest absolute Gasteiger partial charge is 0.480 e. The number of hydrogen-bond acceptors (Lipinski definition) is 2. The summed E-state index contributed by atoms with van der Waals surface area (Å²) in [6.45, 7) is -0.254. The first-order chi connectivity index (χ1) is 7.18. The Morgan fingerprint density at radius 1 is 1.33 bits per heavy atom. The van der Waals surface area contributed by atoms with E-state index < -0.39 is 5.97 Å². The lowest BCUT2D eigenvalue weighted by molar-refractivity contribution is -0.136. The molecule has 0 aromatic heterocycles. The van der Waals surface area contributed by atoms with Gasteiger partial charge in [-0.05, 0) is 18.1 Å². The Labute approximate surface area is 87.1 Å². The highest BCUT2D eigenvalue weighted by molar-refractivity contribution is 5.99. The first-order valence-corrected chi connectivity index (χ1v) is 4.78. The Kier molecular flexibility index (Phi) is 2.41. The number of anilines is 1. The van der Waals surface area contributed by atoms with E-state index in [1.807, 2.05) is 18.2 Å². The monoisotopic (exact) mass is 205 g/mol. The number of aliphatic carboxylic acids is 1. The second-order valence-corrected chi connectivity index (χ2v) is 3.50. The molecule has 1 heterocycles. The normalized spacial score (nSPS) is 14.9. The van der Waals surface area contributed by atoms with Crippen LogP contribution in [-0.2, 0) is 16.0 Å². The average molecular weight is 205 g/mol. The van der Waals surface area contributed by atoms with Crippen LogP contribution < -0.4 is 4.90 Å². The number of hydrogen-bond donors (Lipinski definition) is 1. The molecule has 0 bridgehead atoms. The van der Waals surface area contributed by atoms with E-state index in [0.717, 1.165) is 11.3 Å². The van der Waals surface area contributed by atoms with Gasteiger partial charge >= 0.3 is 5.97 Å². The van der Waals surface area contributed by atoms with E-state index in [1.165, 1.54) is 4.90 Å². The van der Waals surface area contributed by atoms with Crippen molar-refractivity contribution in [2.75, 3.05) is 11.4 Å². The summed E-state index contributed by atoms with van der Waals surface area (Å²) < 4.78 is 0. The van der Waals surface area contributed by atoms with Crippen molar-refractivity contribution < 1.29 is 14.7 Å². The van der Waals surface area contributed by atoms with Gasteiger partial charge in [0.1, 0.15) is 6.54 Å². The second-order valence-electron chi connectivity index (χ2n) is 3.50. The number of nitrogens with zero attached hydrogens (tertiary/aromatic N) is 1. The number of para-hydroxylation sites is 1. The molecule has 0 aliphatic carbocycles. The first-order valence-electron chi connectivity index (χ1n) is 4.78. The number of amides is 1. The fourth-order valence-electron chi connectivity index (χ4n) is 1.81. The third-order valence-corrected chi connectivity index (χ3v) is 2.49. The summed E-state index contributed by atoms with van der Waals surface area (Å²) in [5.74, 6) is -1.10. The fourth-order valence-corrected chi connectivity index (χ4v) is 1.81. The second kappa shape index (κ2) is 3.73. The van der Waals surface area contributed by atoms with E-state index in [2.05, 4.69) is 0 Å². The van der Waals surface area contributed by atoms with E-state index in [1.54, 1.807) is 6.07 Å². The van der Waals surface area contributed by atoms with Crippen LogP contribution in [0, 0.1) is 0 Å². The van der Waals surface area contributed by atoms with Crippen molar-refractivity contribution in [3.05, 3.63) is 29.8 Å². The third kappa shape index (κ3) is 1.83. The Hall–Kier alpha value is -1.84. The molecule has 1 aromatic carbocycles. The van der Waals surface area contributed by atoms with Crippen molar-refractivity contribution in [2.45, 2.75) is 12.8 Å². The van der Waals surface area contributed by atoms with Gasteiger partial charge in [-0.2, -0.15) is 0 Å². The van der Waals surface area contributed by atoms with Crippen molar-refractivity contribution in [3.63, 3.8) is 0 Å². The number of carbonyl (C=O) groups excluding carboxylic acids is 1. The number of benzene rings is 1. The van der Waals surface area contributed by atoms with Crippen LogP contribution in [0.4, 0.5) is 5.69 Å². The van der Waals surface area contributed by atoms with Gasteiger partial charge in [-0.1, -0.05) is 18.2 Å². The maximum absolute atomic E-state index is 11.6. The number of aryl methyl sites for hydroxylation is 1. The Morgan fingerprint density at radius 2 is 2.07 bits per heavy atom. The van der Waals surface area contributed by atoms with Crippen LogP contribution in [-0.4, -0.2) is 23.5 Å². The maximum atomic E-state index is 11.6. The molecule has 2 rings (SSSR count). The highest BCUT2D eigenvalue weighted by atomic mass is 16.4. The molecule has 1 N–H and O–H groups in total.